The average Bonchev–Trinajstić information content (AvgIpc) is 2.29. The Bertz CT molecular complexity index is 343. The number of nitrogens with zero attached hydrogens (tertiary/aromatic N) is 1. The van der Waals surface area contributed by atoms with Gasteiger partial charge in [0.25, 0.3) is 0 Å². The predicted molar refractivity (Wildman–Crippen MR) is 67.0 cm³/mol. The lowest BCUT2D eigenvalue weighted by Crippen LogP contribution is -2.37. The van der Waals surface area contributed by atoms with E-state index >= 15 is 0 Å². The van der Waals surface area contributed by atoms with Crippen LogP contribution in [0.5, 0.6) is 0 Å². The standard InChI is InChI=1S/C14H21NO/c1-5-14(2,3)13(16)15(4)11-12-9-7-6-8-10-12/h6-10H,5,11H2,1-4H3. The molecule has 0 atom stereocenters. The summed E-state index contributed by atoms with van der Waals surface area (Å²) in [6, 6.07) is 10.1. The Balaban J connectivity index is 2.66. The third kappa shape index (κ3) is 3.09. The van der Waals surface area contributed by atoms with Crippen molar-refractivity contribution in [3.8, 4) is 0 Å². The predicted octanol–water partition coefficient (Wildman–Crippen LogP) is 3.08. The van der Waals surface area contributed by atoms with E-state index in [1.54, 1.807) is 4.90 Å². The maximum absolute atomic E-state index is 12.1. The largest absolute Gasteiger partial charge is 0.341 e. The smallest absolute Gasteiger partial charge is 0.228 e. The van der Waals surface area contributed by atoms with Crippen molar-refractivity contribution in [1.82, 2.24) is 4.90 Å². The van der Waals surface area contributed by atoms with E-state index in [1.165, 1.54) is 5.56 Å². The Morgan fingerprint density at radius 3 is 2.31 bits per heavy atom. The lowest BCUT2D eigenvalue weighted by Gasteiger charge is -2.28. The highest BCUT2D eigenvalue weighted by Gasteiger charge is 2.28. The Morgan fingerprint density at radius 1 is 1.25 bits per heavy atom. The van der Waals surface area contributed by atoms with Crippen LogP contribution < -0.4 is 0 Å². The highest BCUT2D eigenvalue weighted by atomic mass is 16.2. The minimum absolute atomic E-state index is 0.207. The van der Waals surface area contributed by atoms with E-state index in [-0.39, 0.29) is 11.3 Å². The molecule has 0 heterocycles. The Hall–Kier alpha value is -1.31. The van der Waals surface area contributed by atoms with Gasteiger partial charge in [-0.3, -0.25) is 4.79 Å². The van der Waals surface area contributed by atoms with Crippen LogP contribution in [-0.4, -0.2) is 17.9 Å². The number of amides is 1. The van der Waals surface area contributed by atoms with Gasteiger partial charge in [-0.1, -0.05) is 51.1 Å². The van der Waals surface area contributed by atoms with Crippen LogP contribution in [0.3, 0.4) is 0 Å². The van der Waals surface area contributed by atoms with Crippen molar-refractivity contribution in [2.45, 2.75) is 33.7 Å². The zero-order valence-corrected chi connectivity index (χ0v) is 10.7. The van der Waals surface area contributed by atoms with E-state index in [1.807, 2.05) is 58.2 Å². The number of hydrogen-bond donors (Lipinski definition) is 0. The minimum atomic E-state index is -0.260. The summed E-state index contributed by atoms with van der Waals surface area (Å²) >= 11 is 0. The zero-order valence-electron chi connectivity index (χ0n) is 10.7. The molecule has 1 aromatic rings. The average molecular weight is 219 g/mol. The number of rotatable bonds is 4. The van der Waals surface area contributed by atoms with Crippen LogP contribution >= 0.6 is 0 Å². The second-order valence-electron chi connectivity index (χ2n) is 4.88. The van der Waals surface area contributed by atoms with Crippen molar-refractivity contribution < 1.29 is 4.79 Å². The fourth-order valence-corrected chi connectivity index (χ4v) is 1.60. The van der Waals surface area contributed by atoms with Crippen LogP contribution in [0.25, 0.3) is 0 Å². The van der Waals surface area contributed by atoms with Crippen molar-refractivity contribution in [1.29, 1.82) is 0 Å². The highest BCUT2D eigenvalue weighted by Crippen LogP contribution is 2.23. The van der Waals surface area contributed by atoms with Crippen LogP contribution in [0, 0.1) is 5.41 Å². The van der Waals surface area contributed by atoms with Crippen LogP contribution in [0.1, 0.15) is 32.8 Å². The molecule has 0 N–H and O–H groups in total. The van der Waals surface area contributed by atoms with Crippen LogP contribution in [-0.2, 0) is 11.3 Å². The number of carbonyl (C=O) groups is 1. The molecule has 2 nitrogen and oxygen atoms in total. The normalized spacial score (nSPS) is 11.2. The van der Waals surface area contributed by atoms with Crippen molar-refractivity contribution >= 4 is 5.91 Å². The van der Waals surface area contributed by atoms with Crippen LogP contribution in [0.15, 0.2) is 30.3 Å². The number of benzene rings is 1. The van der Waals surface area contributed by atoms with Gasteiger partial charge in [0, 0.05) is 19.0 Å². The molecule has 1 amide bonds. The summed E-state index contributed by atoms with van der Waals surface area (Å²) in [5.41, 5.74) is 0.911. The van der Waals surface area contributed by atoms with E-state index in [9.17, 15) is 4.79 Å². The van der Waals surface area contributed by atoms with Gasteiger partial charge in [-0.15, -0.1) is 0 Å². The Labute approximate surface area is 98.3 Å². The molecule has 0 bridgehead atoms. The molecule has 0 aliphatic carbocycles. The first-order chi connectivity index (χ1) is 7.47. The van der Waals surface area contributed by atoms with E-state index in [0.717, 1.165) is 6.42 Å². The molecule has 0 saturated heterocycles. The third-order valence-electron chi connectivity index (χ3n) is 3.07. The first-order valence-corrected chi connectivity index (χ1v) is 5.77. The van der Waals surface area contributed by atoms with Crippen LogP contribution in [0.4, 0.5) is 0 Å². The van der Waals surface area contributed by atoms with Crippen molar-refractivity contribution in [2.24, 2.45) is 5.41 Å². The summed E-state index contributed by atoms with van der Waals surface area (Å²) in [5, 5.41) is 0. The summed E-state index contributed by atoms with van der Waals surface area (Å²) in [6.45, 7) is 6.73. The van der Waals surface area contributed by atoms with Gasteiger partial charge < -0.3 is 4.90 Å². The van der Waals surface area contributed by atoms with Crippen molar-refractivity contribution in [2.75, 3.05) is 7.05 Å². The van der Waals surface area contributed by atoms with E-state index in [4.69, 9.17) is 0 Å². The molecule has 0 aliphatic heterocycles. The summed E-state index contributed by atoms with van der Waals surface area (Å²) in [6.07, 6.45) is 0.866. The molecule has 0 spiro atoms. The Morgan fingerprint density at radius 2 is 1.81 bits per heavy atom. The van der Waals surface area contributed by atoms with Gasteiger partial charge >= 0.3 is 0 Å². The fourth-order valence-electron chi connectivity index (χ4n) is 1.60. The van der Waals surface area contributed by atoms with Gasteiger partial charge in [-0.05, 0) is 12.0 Å². The maximum atomic E-state index is 12.1. The monoisotopic (exact) mass is 219 g/mol. The molecule has 0 unspecified atom stereocenters. The molecular weight excluding hydrogens is 198 g/mol. The van der Waals surface area contributed by atoms with Gasteiger partial charge in [0.1, 0.15) is 0 Å². The molecule has 0 aromatic heterocycles. The summed E-state index contributed by atoms with van der Waals surface area (Å²) in [5.74, 6) is 0.207. The number of hydrogen-bond acceptors (Lipinski definition) is 1. The molecule has 1 rings (SSSR count). The molecular formula is C14H21NO. The molecule has 0 aliphatic rings. The van der Waals surface area contributed by atoms with Gasteiger partial charge in [0.2, 0.25) is 5.91 Å². The lowest BCUT2D eigenvalue weighted by atomic mass is 9.88. The highest BCUT2D eigenvalue weighted by molar-refractivity contribution is 5.81. The van der Waals surface area contributed by atoms with E-state index in [0.29, 0.717) is 6.54 Å². The van der Waals surface area contributed by atoms with Crippen LogP contribution in [0.2, 0.25) is 0 Å². The van der Waals surface area contributed by atoms with Crippen molar-refractivity contribution in [3.63, 3.8) is 0 Å². The molecule has 0 radical (unpaired) electrons. The molecule has 0 fully saturated rings. The van der Waals surface area contributed by atoms with E-state index in [2.05, 4.69) is 0 Å². The topological polar surface area (TPSA) is 20.3 Å². The molecule has 88 valence electrons. The van der Waals surface area contributed by atoms with Crippen molar-refractivity contribution in [3.05, 3.63) is 35.9 Å². The molecule has 1 aromatic carbocycles. The quantitative estimate of drug-likeness (QED) is 0.762. The zero-order chi connectivity index (χ0) is 12.2. The first kappa shape index (κ1) is 12.8. The van der Waals surface area contributed by atoms with Gasteiger partial charge in [0.05, 0.1) is 0 Å². The Kier molecular flexibility index (Phi) is 4.11. The second-order valence-corrected chi connectivity index (χ2v) is 4.88. The van der Waals surface area contributed by atoms with Gasteiger partial charge in [-0.2, -0.15) is 0 Å². The first-order valence-electron chi connectivity index (χ1n) is 5.77. The van der Waals surface area contributed by atoms with Gasteiger partial charge in [0.15, 0.2) is 0 Å². The SMILES string of the molecule is CCC(C)(C)C(=O)N(C)Cc1ccccc1. The number of carbonyl (C=O) groups excluding carboxylic acids is 1. The second kappa shape index (κ2) is 5.15. The third-order valence-corrected chi connectivity index (χ3v) is 3.07. The summed E-state index contributed by atoms with van der Waals surface area (Å²) in [7, 11) is 1.87. The molecule has 0 saturated carbocycles. The summed E-state index contributed by atoms with van der Waals surface area (Å²) < 4.78 is 0. The maximum Gasteiger partial charge on any atom is 0.228 e. The minimum Gasteiger partial charge on any atom is -0.341 e. The van der Waals surface area contributed by atoms with Gasteiger partial charge in [-0.25, -0.2) is 0 Å². The van der Waals surface area contributed by atoms with E-state index < -0.39 is 0 Å². The fraction of sp³-hybridized carbons (Fsp3) is 0.500. The lowest BCUT2D eigenvalue weighted by molar-refractivity contribution is -0.139. The summed E-state index contributed by atoms with van der Waals surface area (Å²) in [4.78, 5) is 13.9. The molecule has 16 heavy (non-hydrogen) atoms. The molecule has 2 heteroatoms.